The predicted octanol–water partition coefficient (Wildman–Crippen LogP) is 3.21. The molecule has 0 aromatic carbocycles. The maximum Gasteiger partial charge on any atom is 0.0909 e. The molecule has 0 N–H and O–H groups in total. The molecule has 3 heteroatoms. The molecule has 17 heavy (non-hydrogen) atoms. The Kier molecular flexibility index (Phi) is 3.69. The molecule has 0 saturated heterocycles. The molecule has 0 spiro atoms. The summed E-state index contributed by atoms with van der Waals surface area (Å²) in [6.45, 7) is 0.990. The molecule has 1 aliphatic rings. The zero-order valence-corrected chi connectivity index (χ0v) is 11.4. The number of hydrogen-bond donors (Lipinski definition) is 0. The summed E-state index contributed by atoms with van der Waals surface area (Å²) >= 11 is 1.81. The minimum Gasteiger partial charge on any atom is -0.377 e. The summed E-state index contributed by atoms with van der Waals surface area (Å²) in [5, 5.41) is 1.29. The van der Waals surface area contributed by atoms with Crippen LogP contribution in [0.15, 0.2) is 42.1 Å². The van der Waals surface area contributed by atoms with Crippen LogP contribution in [-0.2, 0) is 0 Å². The van der Waals surface area contributed by atoms with Crippen LogP contribution in [-0.4, -0.2) is 32.6 Å². The van der Waals surface area contributed by atoms with Gasteiger partial charge in [-0.3, -0.25) is 0 Å². The standard InChI is InChI=1S/C14H18N2S/c1-15(2)14-7-6-13(17-14)5-4-12-8-10-16(3)11-9-12/h4-10H,11H2,1-3H3/b5-4+. The van der Waals surface area contributed by atoms with Gasteiger partial charge in [-0.25, -0.2) is 0 Å². The Morgan fingerprint density at radius 1 is 1.29 bits per heavy atom. The molecule has 0 atom stereocenters. The first-order chi connectivity index (χ1) is 8.15. The lowest BCUT2D eigenvalue weighted by Crippen LogP contribution is -2.12. The number of rotatable bonds is 3. The fourth-order valence-electron chi connectivity index (χ4n) is 1.57. The zero-order chi connectivity index (χ0) is 12.3. The van der Waals surface area contributed by atoms with E-state index in [1.807, 2.05) is 11.3 Å². The highest BCUT2D eigenvalue weighted by molar-refractivity contribution is 7.16. The normalized spacial score (nSPS) is 15.5. The molecule has 0 amide bonds. The van der Waals surface area contributed by atoms with Gasteiger partial charge in [0.1, 0.15) is 0 Å². The van der Waals surface area contributed by atoms with Crippen LogP contribution in [0, 0.1) is 0 Å². The Bertz CT molecular complexity index is 466. The fourth-order valence-corrected chi connectivity index (χ4v) is 2.40. The van der Waals surface area contributed by atoms with Gasteiger partial charge in [0.25, 0.3) is 0 Å². The first kappa shape index (κ1) is 12.0. The topological polar surface area (TPSA) is 6.48 Å². The average molecular weight is 246 g/mol. The second-order valence-corrected chi connectivity index (χ2v) is 5.46. The fraction of sp³-hybridized carbons (Fsp3) is 0.286. The minimum atomic E-state index is 0.990. The van der Waals surface area contributed by atoms with E-state index < -0.39 is 0 Å². The summed E-state index contributed by atoms with van der Waals surface area (Å²) in [4.78, 5) is 5.59. The van der Waals surface area contributed by atoms with Crippen LogP contribution in [0.5, 0.6) is 0 Å². The number of hydrogen-bond acceptors (Lipinski definition) is 3. The van der Waals surface area contributed by atoms with Crippen LogP contribution < -0.4 is 4.90 Å². The zero-order valence-electron chi connectivity index (χ0n) is 10.6. The van der Waals surface area contributed by atoms with Crippen molar-refractivity contribution in [2.75, 3.05) is 32.6 Å². The van der Waals surface area contributed by atoms with Gasteiger partial charge < -0.3 is 9.80 Å². The second kappa shape index (κ2) is 5.23. The van der Waals surface area contributed by atoms with Gasteiger partial charge in [0.05, 0.1) is 5.00 Å². The third-order valence-electron chi connectivity index (χ3n) is 2.63. The molecule has 0 unspecified atom stereocenters. The predicted molar refractivity (Wildman–Crippen MR) is 77.5 cm³/mol. The Morgan fingerprint density at radius 2 is 2.12 bits per heavy atom. The summed E-state index contributed by atoms with van der Waals surface area (Å²) < 4.78 is 0. The number of thiophene rings is 1. The molecule has 0 fully saturated rings. The van der Waals surface area contributed by atoms with E-state index in [2.05, 4.69) is 73.6 Å². The van der Waals surface area contributed by atoms with Crippen molar-refractivity contribution in [1.29, 1.82) is 0 Å². The lowest BCUT2D eigenvalue weighted by atomic mass is 10.2. The summed E-state index contributed by atoms with van der Waals surface area (Å²) in [5.74, 6) is 0. The number of likely N-dealkylation sites (N-methyl/N-ethyl adjacent to an activating group) is 1. The molecular formula is C14H18N2S. The van der Waals surface area contributed by atoms with Gasteiger partial charge in [0.15, 0.2) is 0 Å². The van der Waals surface area contributed by atoms with E-state index in [1.165, 1.54) is 15.5 Å². The van der Waals surface area contributed by atoms with Crippen LogP contribution in [0.4, 0.5) is 5.00 Å². The third kappa shape index (κ3) is 3.24. The Balaban J connectivity index is 2.03. The Hall–Kier alpha value is -1.48. The van der Waals surface area contributed by atoms with Crippen LogP contribution in [0.3, 0.4) is 0 Å². The van der Waals surface area contributed by atoms with E-state index in [-0.39, 0.29) is 0 Å². The summed E-state index contributed by atoms with van der Waals surface area (Å²) in [6.07, 6.45) is 10.8. The molecule has 0 bridgehead atoms. The summed E-state index contributed by atoms with van der Waals surface area (Å²) in [5.41, 5.74) is 1.28. The molecule has 0 radical (unpaired) electrons. The number of anilines is 1. The summed E-state index contributed by atoms with van der Waals surface area (Å²) in [7, 11) is 6.22. The van der Waals surface area contributed by atoms with Crippen LogP contribution in [0.2, 0.25) is 0 Å². The largest absolute Gasteiger partial charge is 0.377 e. The van der Waals surface area contributed by atoms with Crippen LogP contribution in [0.1, 0.15) is 4.88 Å². The summed E-state index contributed by atoms with van der Waals surface area (Å²) in [6, 6.07) is 4.32. The van der Waals surface area contributed by atoms with Gasteiger partial charge >= 0.3 is 0 Å². The Morgan fingerprint density at radius 3 is 2.71 bits per heavy atom. The minimum absolute atomic E-state index is 0.990. The first-order valence-corrected chi connectivity index (χ1v) is 6.50. The molecular weight excluding hydrogens is 228 g/mol. The second-order valence-electron chi connectivity index (χ2n) is 4.36. The highest BCUT2D eigenvalue weighted by atomic mass is 32.1. The van der Waals surface area contributed by atoms with Crippen LogP contribution in [0.25, 0.3) is 6.08 Å². The van der Waals surface area contributed by atoms with Gasteiger partial charge in [-0.15, -0.1) is 11.3 Å². The van der Waals surface area contributed by atoms with E-state index in [0.29, 0.717) is 0 Å². The van der Waals surface area contributed by atoms with Crippen molar-refractivity contribution in [2.24, 2.45) is 0 Å². The molecule has 90 valence electrons. The van der Waals surface area contributed by atoms with Crippen molar-refractivity contribution in [2.45, 2.75) is 0 Å². The molecule has 0 aliphatic carbocycles. The van der Waals surface area contributed by atoms with Crippen molar-refractivity contribution in [3.8, 4) is 0 Å². The maximum atomic E-state index is 2.23. The number of nitrogens with zero attached hydrogens (tertiary/aromatic N) is 2. The number of allylic oxidation sites excluding steroid dienone is 3. The van der Waals surface area contributed by atoms with Crippen LogP contribution >= 0.6 is 11.3 Å². The van der Waals surface area contributed by atoms with Crippen molar-refractivity contribution in [3.05, 3.63) is 47.0 Å². The molecule has 2 rings (SSSR count). The maximum absolute atomic E-state index is 2.23. The molecule has 2 nitrogen and oxygen atoms in total. The lowest BCUT2D eigenvalue weighted by molar-refractivity contribution is 0.503. The SMILES string of the molecule is CN1C=CC(/C=C/c2ccc(N(C)C)s2)=CC1. The highest BCUT2D eigenvalue weighted by Gasteiger charge is 2.00. The smallest absolute Gasteiger partial charge is 0.0909 e. The van der Waals surface area contributed by atoms with Gasteiger partial charge in [-0.05, 0) is 36.1 Å². The first-order valence-electron chi connectivity index (χ1n) is 5.69. The molecule has 2 heterocycles. The van der Waals surface area contributed by atoms with E-state index >= 15 is 0 Å². The van der Waals surface area contributed by atoms with Crippen molar-refractivity contribution < 1.29 is 0 Å². The van der Waals surface area contributed by atoms with Gasteiger partial charge in [-0.1, -0.05) is 12.2 Å². The Labute approximate surface area is 107 Å². The quantitative estimate of drug-likeness (QED) is 0.808. The van der Waals surface area contributed by atoms with Crippen molar-refractivity contribution in [1.82, 2.24) is 4.90 Å². The molecule has 1 aliphatic heterocycles. The van der Waals surface area contributed by atoms with E-state index in [9.17, 15) is 0 Å². The monoisotopic (exact) mass is 246 g/mol. The van der Waals surface area contributed by atoms with Gasteiger partial charge in [0, 0.05) is 32.6 Å². The average Bonchev–Trinajstić information content (AvgIpc) is 2.77. The molecule has 1 aromatic rings. The van der Waals surface area contributed by atoms with Crippen molar-refractivity contribution in [3.63, 3.8) is 0 Å². The van der Waals surface area contributed by atoms with Crippen molar-refractivity contribution >= 4 is 22.4 Å². The lowest BCUT2D eigenvalue weighted by Gasteiger charge is -2.15. The molecule has 0 saturated carbocycles. The molecule has 1 aromatic heterocycles. The van der Waals surface area contributed by atoms with Gasteiger partial charge in [0.2, 0.25) is 0 Å². The third-order valence-corrected chi connectivity index (χ3v) is 3.85. The van der Waals surface area contributed by atoms with E-state index in [0.717, 1.165) is 6.54 Å². The van der Waals surface area contributed by atoms with Gasteiger partial charge in [-0.2, -0.15) is 0 Å². The highest BCUT2D eigenvalue weighted by Crippen LogP contribution is 2.25. The van der Waals surface area contributed by atoms with E-state index in [1.54, 1.807) is 0 Å². The van der Waals surface area contributed by atoms with E-state index in [4.69, 9.17) is 0 Å².